The lowest BCUT2D eigenvalue weighted by molar-refractivity contribution is 1.18. The Hall–Kier alpha value is -7.86. The topological polar surface area (TPSA) is 57.4 Å². The molecule has 0 radical (unpaired) electrons. The van der Waals surface area contributed by atoms with Crippen LogP contribution in [-0.2, 0) is 0 Å². The lowest BCUT2D eigenvalue weighted by atomic mass is 9.31. The SMILES string of the molecule is Cc1cc2c3c(c1)-c1c4c(cccc4cc4c1c1ccccc1n4-c1ccc(C#N)cc1)B3c1cccc3cc4c(c-2c13)c1ccccc1n4-c1ccc(C#N)cc1. The van der Waals surface area contributed by atoms with Gasteiger partial charge in [-0.25, -0.2) is 0 Å². The zero-order valence-electron chi connectivity index (χ0n) is 31.4. The monoisotopic (exact) mass is 732 g/mol. The van der Waals surface area contributed by atoms with Gasteiger partial charge >= 0.3 is 0 Å². The number of aromatic nitrogens is 2. The molecular weight excluding hydrogens is 703 g/mol. The molecule has 2 aliphatic rings. The molecule has 264 valence electrons. The van der Waals surface area contributed by atoms with Crippen molar-refractivity contribution >= 4 is 88.3 Å². The fourth-order valence-corrected chi connectivity index (χ4v) is 10.8. The summed E-state index contributed by atoms with van der Waals surface area (Å²) in [6, 6.07) is 61.5. The van der Waals surface area contributed by atoms with Crippen LogP contribution < -0.4 is 16.4 Å². The molecule has 0 amide bonds. The number of rotatable bonds is 2. The van der Waals surface area contributed by atoms with Crippen LogP contribution in [0.25, 0.3) is 98.8 Å². The second kappa shape index (κ2) is 11.1. The summed E-state index contributed by atoms with van der Waals surface area (Å²) >= 11 is 0. The van der Waals surface area contributed by atoms with E-state index in [0.717, 1.165) is 33.4 Å². The third kappa shape index (κ3) is 3.88. The van der Waals surface area contributed by atoms with E-state index in [1.807, 2.05) is 24.3 Å². The van der Waals surface area contributed by atoms with E-state index in [-0.39, 0.29) is 6.71 Å². The highest BCUT2D eigenvalue weighted by Crippen LogP contribution is 2.49. The molecule has 2 aromatic heterocycles. The Labute approximate surface area is 333 Å². The van der Waals surface area contributed by atoms with Gasteiger partial charge in [0.05, 0.1) is 45.3 Å². The van der Waals surface area contributed by atoms with E-state index in [1.165, 1.54) is 87.3 Å². The van der Waals surface area contributed by atoms with Gasteiger partial charge in [0.2, 0.25) is 6.71 Å². The van der Waals surface area contributed by atoms with Crippen LogP contribution in [0, 0.1) is 29.6 Å². The minimum Gasteiger partial charge on any atom is -0.309 e. The first-order chi connectivity index (χ1) is 28.6. The number of hydrogen-bond donors (Lipinski definition) is 0. The molecule has 13 rings (SSSR count). The molecule has 0 unspecified atom stereocenters. The van der Waals surface area contributed by atoms with Crippen molar-refractivity contribution in [2.45, 2.75) is 6.92 Å². The Bertz CT molecular complexity index is 3510. The first-order valence-corrected chi connectivity index (χ1v) is 19.7. The number of hydrogen-bond acceptors (Lipinski definition) is 2. The molecule has 4 nitrogen and oxygen atoms in total. The van der Waals surface area contributed by atoms with Gasteiger partial charge in [0, 0.05) is 32.9 Å². The van der Waals surface area contributed by atoms with Gasteiger partial charge < -0.3 is 9.13 Å². The lowest BCUT2D eigenvalue weighted by Gasteiger charge is -2.35. The second-order valence-corrected chi connectivity index (χ2v) is 15.9. The maximum Gasteiger partial charge on any atom is 0.244 e. The molecule has 0 atom stereocenters. The summed E-state index contributed by atoms with van der Waals surface area (Å²) in [6.45, 7) is 2.31. The molecule has 0 aliphatic carbocycles. The van der Waals surface area contributed by atoms with Gasteiger partial charge in [-0.1, -0.05) is 101 Å². The van der Waals surface area contributed by atoms with Crippen LogP contribution >= 0.6 is 0 Å². The summed E-state index contributed by atoms with van der Waals surface area (Å²) in [7, 11) is 0. The Kier molecular flexibility index (Phi) is 6.02. The Morgan fingerprint density at radius 1 is 0.448 bits per heavy atom. The van der Waals surface area contributed by atoms with Crippen LogP contribution in [0.3, 0.4) is 0 Å². The summed E-state index contributed by atoms with van der Waals surface area (Å²) in [6.07, 6.45) is 0. The Balaban J connectivity index is 1.21. The van der Waals surface area contributed by atoms with Crippen molar-refractivity contribution in [3.8, 4) is 45.8 Å². The van der Waals surface area contributed by atoms with E-state index in [0.29, 0.717) is 11.1 Å². The number of nitriles is 2. The van der Waals surface area contributed by atoms with Crippen LogP contribution in [0.2, 0.25) is 0 Å². The van der Waals surface area contributed by atoms with E-state index < -0.39 is 0 Å². The molecule has 2 aliphatic heterocycles. The molecule has 0 saturated carbocycles. The summed E-state index contributed by atoms with van der Waals surface area (Å²) in [5.41, 5.74) is 18.5. The first-order valence-electron chi connectivity index (χ1n) is 19.7. The van der Waals surface area contributed by atoms with E-state index in [2.05, 4.69) is 162 Å². The number of para-hydroxylation sites is 2. The summed E-state index contributed by atoms with van der Waals surface area (Å²) in [5, 5.41) is 29.3. The first kappa shape index (κ1) is 31.4. The average Bonchev–Trinajstić information content (AvgIpc) is 3.78. The second-order valence-electron chi connectivity index (χ2n) is 15.9. The van der Waals surface area contributed by atoms with Crippen LogP contribution in [0.5, 0.6) is 0 Å². The molecular formula is C53H29BN4. The van der Waals surface area contributed by atoms with Gasteiger partial charge in [0.1, 0.15) is 0 Å². The number of benzene rings is 9. The largest absolute Gasteiger partial charge is 0.309 e. The summed E-state index contributed by atoms with van der Waals surface area (Å²) in [5.74, 6) is 0. The van der Waals surface area contributed by atoms with E-state index in [4.69, 9.17) is 0 Å². The van der Waals surface area contributed by atoms with E-state index in [1.54, 1.807) is 0 Å². The standard InChI is InChI=1S/C53H29BN4/c1-30-24-39-51-47-33(26-45-49(51)37-10-2-4-14-43(37)57(45)35-20-16-31(28-55)17-21-35)8-6-12-41(47)54-42-13-7-9-34-27-46-50(52(48(34)42)40(25-30)53(39)54)38-11-3-5-15-44(38)58(46)36-22-18-32(29-56)19-23-36/h2-27H,1H3. The predicted octanol–water partition coefficient (Wildman–Crippen LogP) is 10.7. The van der Waals surface area contributed by atoms with Crippen molar-refractivity contribution in [1.82, 2.24) is 9.13 Å². The normalized spacial score (nSPS) is 12.5. The highest BCUT2D eigenvalue weighted by atomic mass is 15.0. The molecule has 0 bridgehead atoms. The van der Waals surface area contributed by atoms with Crippen LogP contribution in [0.1, 0.15) is 16.7 Å². The molecule has 9 aromatic carbocycles. The minimum atomic E-state index is 0.0617. The maximum absolute atomic E-state index is 9.63. The zero-order valence-corrected chi connectivity index (χ0v) is 31.4. The van der Waals surface area contributed by atoms with Gasteiger partial charge in [0.25, 0.3) is 0 Å². The molecule has 0 spiro atoms. The van der Waals surface area contributed by atoms with Gasteiger partial charge in [-0.3, -0.25) is 0 Å². The van der Waals surface area contributed by atoms with Crippen molar-refractivity contribution in [3.05, 3.63) is 174 Å². The molecule has 0 N–H and O–H groups in total. The molecule has 0 saturated heterocycles. The lowest BCUT2D eigenvalue weighted by Crippen LogP contribution is -2.57. The number of fused-ring (bicyclic) bond motifs is 12. The quantitative estimate of drug-likeness (QED) is 0.166. The molecule has 11 aromatic rings. The fraction of sp³-hybridized carbons (Fsp3) is 0.0189. The molecule has 4 heterocycles. The molecule has 5 heteroatoms. The van der Waals surface area contributed by atoms with Crippen molar-refractivity contribution in [2.75, 3.05) is 0 Å². The zero-order chi connectivity index (χ0) is 38.4. The highest BCUT2D eigenvalue weighted by Gasteiger charge is 2.40. The van der Waals surface area contributed by atoms with Crippen molar-refractivity contribution < 1.29 is 0 Å². The minimum absolute atomic E-state index is 0.0617. The van der Waals surface area contributed by atoms with E-state index >= 15 is 0 Å². The smallest absolute Gasteiger partial charge is 0.244 e. The van der Waals surface area contributed by atoms with Crippen molar-refractivity contribution in [3.63, 3.8) is 0 Å². The fourth-order valence-electron chi connectivity index (χ4n) is 10.8. The summed E-state index contributed by atoms with van der Waals surface area (Å²) < 4.78 is 4.75. The van der Waals surface area contributed by atoms with Gasteiger partial charge in [-0.2, -0.15) is 10.5 Å². The van der Waals surface area contributed by atoms with E-state index in [9.17, 15) is 10.5 Å². The molecule has 58 heavy (non-hydrogen) atoms. The van der Waals surface area contributed by atoms with Crippen molar-refractivity contribution in [2.24, 2.45) is 0 Å². The number of aryl methyl sites for hydroxylation is 1. The maximum atomic E-state index is 9.63. The van der Waals surface area contributed by atoms with Gasteiger partial charge in [-0.05, 0) is 129 Å². The Morgan fingerprint density at radius 2 is 0.897 bits per heavy atom. The Morgan fingerprint density at radius 3 is 1.34 bits per heavy atom. The number of nitrogens with zero attached hydrogens (tertiary/aromatic N) is 4. The summed E-state index contributed by atoms with van der Waals surface area (Å²) in [4.78, 5) is 0. The highest BCUT2D eigenvalue weighted by molar-refractivity contribution is 7.01. The van der Waals surface area contributed by atoms with Gasteiger partial charge in [-0.15, -0.1) is 0 Å². The van der Waals surface area contributed by atoms with Crippen molar-refractivity contribution in [1.29, 1.82) is 10.5 Å². The third-order valence-electron chi connectivity index (χ3n) is 12.9. The van der Waals surface area contributed by atoms with Crippen LogP contribution in [0.4, 0.5) is 0 Å². The third-order valence-corrected chi connectivity index (χ3v) is 12.9. The molecule has 0 fully saturated rings. The van der Waals surface area contributed by atoms with Crippen LogP contribution in [-0.4, -0.2) is 15.8 Å². The van der Waals surface area contributed by atoms with Crippen LogP contribution in [0.15, 0.2) is 158 Å². The average molecular weight is 733 g/mol. The predicted molar refractivity (Wildman–Crippen MR) is 240 cm³/mol. The van der Waals surface area contributed by atoms with Gasteiger partial charge in [0.15, 0.2) is 0 Å².